The number of aromatic carboxylic acids is 1. The average Bonchev–Trinajstić information content (AvgIpc) is 3.09. The van der Waals surface area contributed by atoms with Gasteiger partial charge in [-0.25, -0.2) is 9.59 Å². The number of rotatable bonds is 10. The molecule has 0 aliphatic heterocycles. The third kappa shape index (κ3) is 12.1. The molecule has 0 aliphatic carbocycles. The molecule has 2 atom stereocenters. The van der Waals surface area contributed by atoms with E-state index in [0.29, 0.717) is 26.9 Å². The highest BCUT2D eigenvalue weighted by Crippen LogP contribution is 2.12. The highest BCUT2D eigenvalue weighted by Gasteiger charge is 2.10. The summed E-state index contributed by atoms with van der Waals surface area (Å²) >= 11 is 10.4. The zero-order valence-corrected chi connectivity index (χ0v) is 27.7. The Morgan fingerprint density at radius 3 is 1.47 bits per heavy atom. The van der Waals surface area contributed by atoms with E-state index in [4.69, 9.17) is 34.3 Å². The van der Waals surface area contributed by atoms with Crippen LogP contribution in [0.25, 0.3) is 0 Å². The second kappa shape index (κ2) is 19.1. The summed E-state index contributed by atoms with van der Waals surface area (Å²) in [7, 11) is 1.35. The topological polar surface area (TPSA) is 136 Å². The fourth-order valence-electron chi connectivity index (χ4n) is 4.14. The van der Waals surface area contributed by atoms with Gasteiger partial charge in [0, 0.05) is 11.1 Å². The SMILES string of the molecule is COC(=O)c1ccccc1/C=N/NC(=S)N[C@H](C)c1ccccc1.C[C@@H](NC(=S)N/N=C/c1ccccc1C(=O)O)c1ccccc1. The van der Waals surface area contributed by atoms with Crippen LogP contribution in [0.1, 0.15) is 68.9 Å². The van der Waals surface area contributed by atoms with E-state index in [2.05, 4.69) is 31.7 Å². The molecule has 0 spiro atoms. The van der Waals surface area contributed by atoms with Gasteiger partial charge in [-0.05, 0) is 61.5 Å². The number of hydrogen-bond donors (Lipinski definition) is 5. The molecule has 4 aromatic rings. The summed E-state index contributed by atoms with van der Waals surface area (Å²) in [6.07, 6.45) is 2.97. The Balaban J connectivity index is 0.000000256. The maximum Gasteiger partial charge on any atom is 0.338 e. The molecule has 0 heterocycles. The first-order valence-corrected chi connectivity index (χ1v) is 15.3. The number of hydrogen-bond acceptors (Lipinski definition) is 7. The lowest BCUT2D eigenvalue weighted by Gasteiger charge is -2.15. The summed E-state index contributed by atoms with van der Waals surface area (Å²) in [6.45, 7) is 4.01. The van der Waals surface area contributed by atoms with Crippen LogP contribution in [0.2, 0.25) is 0 Å². The molecular weight excluding hydrogens is 633 g/mol. The first-order chi connectivity index (χ1) is 22.7. The Kier molecular flexibility index (Phi) is 14.7. The summed E-state index contributed by atoms with van der Waals surface area (Å²) in [5.74, 6) is -1.40. The van der Waals surface area contributed by atoms with Gasteiger partial charge in [0.2, 0.25) is 0 Å². The van der Waals surface area contributed by atoms with Gasteiger partial charge in [-0.1, -0.05) is 97.1 Å². The summed E-state index contributed by atoms with van der Waals surface area (Å²) in [5.41, 5.74) is 9.47. The smallest absolute Gasteiger partial charge is 0.338 e. The van der Waals surface area contributed by atoms with E-state index in [1.807, 2.05) is 80.6 Å². The Hall–Kier alpha value is -5.46. The molecule has 47 heavy (non-hydrogen) atoms. The third-order valence-electron chi connectivity index (χ3n) is 6.59. The molecule has 0 saturated carbocycles. The molecular formula is C35H36N6O4S2. The van der Waals surface area contributed by atoms with Gasteiger partial charge in [-0.2, -0.15) is 10.2 Å². The van der Waals surface area contributed by atoms with Crippen molar-refractivity contribution in [3.63, 3.8) is 0 Å². The number of carboxylic acid groups (broad SMARTS) is 1. The predicted molar refractivity (Wildman–Crippen MR) is 194 cm³/mol. The van der Waals surface area contributed by atoms with Crippen LogP contribution < -0.4 is 21.5 Å². The average molecular weight is 669 g/mol. The minimum absolute atomic E-state index is 0.0395. The minimum Gasteiger partial charge on any atom is -0.478 e. The van der Waals surface area contributed by atoms with Crippen molar-refractivity contribution in [3.05, 3.63) is 143 Å². The molecule has 12 heteroatoms. The standard InChI is InChI=1S/C18H19N3O2S.C17H17N3O2S/c1-13(14-8-4-3-5-9-14)20-18(24)21-19-12-15-10-6-7-11-16(15)17(22)23-2;1-12(13-7-3-2-4-8-13)19-17(23)20-18-11-14-9-5-6-10-15(14)16(21)22/h3-13H,1-2H3,(H2,20,21,24);2-12H,1H3,(H,21,22)(H2,19,20,23)/b19-12+;18-11+/t13-;12-/m11/s1. The molecule has 5 N–H and O–H groups in total. The number of nitrogens with one attached hydrogen (secondary N) is 4. The van der Waals surface area contributed by atoms with E-state index in [-0.39, 0.29) is 17.6 Å². The van der Waals surface area contributed by atoms with Crippen LogP contribution >= 0.6 is 24.4 Å². The summed E-state index contributed by atoms with van der Waals surface area (Å²) in [6, 6.07) is 33.6. The summed E-state index contributed by atoms with van der Waals surface area (Å²) in [4.78, 5) is 22.8. The molecule has 0 amide bonds. The largest absolute Gasteiger partial charge is 0.478 e. The summed E-state index contributed by atoms with van der Waals surface area (Å²) < 4.78 is 4.75. The van der Waals surface area contributed by atoms with Crippen LogP contribution in [-0.2, 0) is 4.74 Å². The third-order valence-corrected chi connectivity index (χ3v) is 7.01. The maximum atomic E-state index is 11.7. The van der Waals surface area contributed by atoms with Gasteiger partial charge in [0.15, 0.2) is 10.2 Å². The van der Waals surface area contributed by atoms with E-state index in [1.54, 1.807) is 36.4 Å². The Bertz CT molecular complexity index is 1700. The van der Waals surface area contributed by atoms with E-state index >= 15 is 0 Å². The van der Waals surface area contributed by atoms with Crippen LogP contribution in [0, 0.1) is 0 Å². The molecule has 0 radical (unpaired) electrons. The zero-order chi connectivity index (χ0) is 34.0. The summed E-state index contributed by atoms with van der Waals surface area (Å²) in [5, 5.41) is 24.2. The lowest BCUT2D eigenvalue weighted by Crippen LogP contribution is -2.34. The molecule has 0 aliphatic rings. The molecule has 4 rings (SSSR count). The Labute approximate surface area is 285 Å². The lowest BCUT2D eigenvalue weighted by molar-refractivity contribution is 0.0599. The van der Waals surface area contributed by atoms with E-state index in [9.17, 15) is 9.59 Å². The molecule has 0 aromatic heterocycles. The number of ether oxygens (including phenoxy) is 1. The van der Waals surface area contributed by atoms with E-state index < -0.39 is 11.9 Å². The van der Waals surface area contributed by atoms with Crippen molar-refractivity contribution in [3.8, 4) is 0 Å². The van der Waals surface area contributed by atoms with Crippen LogP contribution in [-0.4, -0.2) is 46.8 Å². The van der Waals surface area contributed by atoms with Crippen LogP contribution in [0.5, 0.6) is 0 Å². The molecule has 242 valence electrons. The highest BCUT2D eigenvalue weighted by molar-refractivity contribution is 7.80. The van der Waals surface area contributed by atoms with Crippen LogP contribution in [0.15, 0.2) is 119 Å². The van der Waals surface area contributed by atoms with Crippen molar-refractivity contribution >= 4 is 59.0 Å². The maximum absolute atomic E-state index is 11.7. The molecule has 10 nitrogen and oxygen atoms in total. The van der Waals surface area contributed by atoms with Crippen molar-refractivity contribution in [2.45, 2.75) is 25.9 Å². The van der Waals surface area contributed by atoms with Gasteiger partial charge < -0.3 is 20.5 Å². The number of benzene rings is 4. The number of esters is 1. The van der Waals surface area contributed by atoms with Crippen molar-refractivity contribution < 1.29 is 19.4 Å². The first-order valence-electron chi connectivity index (χ1n) is 14.5. The molecule has 0 unspecified atom stereocenters. The first kappa shape index (κ1) is 36.0. The molecule has 0 fully saturated rings. The predicted octanol–water partition coefficient (Wildman–Crippen LogP) is 5.98. The van der Waals surface area contributed by atoms with Gasteiger partial charge in [0.1, 0.15) is 0 Å². The van der Waals surface area contributed by atoms with Gasteiger partial charge in [-0.15, -0.1) is 0 Å². The molecule has 4 aromatic carbocycles. The number of hydrazone groups is 2. The second-order valence-corrected chi connectivity index (χ2v) is 10.7. The van der Waals surface area contributed by atoms with Gasteiger partial charge >= 0.3 is 11.9 Å². The highest BCUT2D eigenvalue weighted by atomic mass is 32.1. The second-order valence-electron chi connectivity index (χ2n) is 9.92. The fraction of sp³-hybridized carbons (Fsp3) is 0.143. The van der Waals surface area contributed by atoms with E-state index in [0.717, 1.165) is 11.1 Å². The fourth-order valence-corrected chi connectivity index (χ4v) is 4.60. The van der Waals surface area contributed by atoms with Crippen LogP contribution in [0.3, 0.4) is 0 Å². The number of thiocarbonyl (C=S) groups is 2. The van der Waals surface area contributed by atoms with Crippen molar-refractivity contribution in [2.75, 3.05) is 7.11 Å². The van der Waals surface area contributed by atoms with Crippen molar-refractivity contribution in [1.82, 2.24) is 21.5 Å². The van der Waals surface area contributed by atoms with E-state index in [1.165, 1.54) is 25.6 Å². The normalized spacial score (nSPS) is 11.8. The van der Waals surface area contributed by atoms with Crippen LogP contribution in [0.4, 0.5) is 0 Å². The lowest BCUT2D eigenvalue weighted by atomic mass is 10.1. The Morgan fingerprint density at radius 1 is 0.660 bits per heavy atom. The number of carbonyl (C=O) groups is 2. The zero-order valence-electron chi connectivity index (χ0n) is 26.1. The minimum atomic E-state index is -0.995. The molecule has 0 bridgehead atoms. The van der Waals surface area contributed by atoms with Crippen molar-refractivity contribution in [2.24, 2.45) is 10.2 Å². The number of carbonyl (C=O) groups excluding carboxylic acids is 1. The van der Waals surface area contributed by atoms with Crippen molar-refractivity contribution in [1.29, 1.82) is 0 Å². The quantitative estimate of drug-likeness (QED) is 0.0595. The number of nitrogens with zero attached hydrogens (tertiary/aromatic N) is 2. The Morgan fingerprint density at radius 2 is 1.04 bits per heavy atom. The van der Waals surface area contributed by atoms with Gasteiger partial charge in [0.25, 0.3) is 0 Å². The molecule has 0 saturated heterocycles. The number of carboxylic acids is 1. The van der Waals surface area contributed by atoms with Gasteiger partial charge in [-0.3, -0.25) is 10.9 Å². The number of methoxy groups -OCH3 is 1. The monoisotopic (exact) mass is 668 g/mol. The van der Waals surface area contributed by atoms with Gasteiger partial charge in [0.05, 0.1) is 42.7 Å².